The summed E-state index contributed by atoms with van der Waals surface area (Å²) in [4.78, 5) is 15.3. The van der Waals surface area contributed by atoms with Crippen molar-refractivity contribution in [1.29, 1.82) is 0 Å². The number of hydrogen-bond donors (Lipinski definition) is 1. The molecule has 1 aliphatic rings. The summed E-state index contributed by atoms with van der Waals surface area (Å²) in [5, 5.41) is 0.240. The van der Waals surface area contributed by atoms with Crippen LogP contribution in [0.2, 0.25) is 5.15 Å². The van der Waals surface area contributed by atoms with E-state index >= 15 is 0 Å². The van der Waals surface area contributed by atoms with E-state index in [-0.39, 0.29) is 29.0 Å². The van der Waals surface area contributed by atoms with Crippen molar-refractivity contribution in [3.8, 4) is 0 Å². The first-order chi connectivity index (χ1) is 9.25. The quantitative estimate of drug-likeness (QED) is 0.842. The molecule has 20 heavy (non-hydrogen) atoms. The minimum absolute atomic E-state index is 0.101. The van der Waals surface area contributed by atoms with Crippen molar-refractivity contribution in [2.24, 2.45) is 11.1 Å². The molecule has 1 saturated heterocycles. The second-order valence-electron chi connectivity index (χ2n) is 5.15. The molecule has 0 saturated carbocycles. The van der Waals surface area contributed by atoms with Gasteiger partial charge in [0.05, 0.1) is 0 Å². The molecule has 1 aromatic rings. The van der Waals surface area contributed by atoms with E-state index < -0.39 is 15.4 Å². The lowest BCUT2D eigenvalue weighted by Gasteiger charge is -2.36. The van der Waals surface area contributed by atoms with E-state index in [1.165, 1.54) is 22.6 Å². The van der Waals surface area contributed by atoms with Crippen LogP contribution in [-0.4, -0.2) is 36.7 Å². The van der Waals surface area contributed by atoms with Gasteiger partial charge in [-0.2, -0.15) is 4.31 Å². The van der Waals surface area contributed by atoms with Crippen molar-refractivity contribution in [3.05, 3.63) is 23.5 Å². The standard InChI is InChI=1S/C12H16ClN3O3S/c1-12(11(14)17)4-6-16(7-5-12)20(18,19)9-2-3-10(13)15-8-9/h2-3,8H,4-7H2,1H3,(H2,14,17). The van der Waals surface area contributed by atoms with E-state index in [4.69, 9.17) is 17.3 Å². The van der Waals surface area contributed by atoms with Crippen LogP contribution in [0.15, 0.2) is 23.2 Å². The van der Waals surface area contributed by atoms with Crippen LogP contribution in [0, 0.1) is 5.41 Å². The molecule has 0 spiro atoms. The number of carbonyl (C=O) groups is 1. The van der Waals surface area contributed by atoms with Gasteiger partial charge in [0.15, 0.2) is 0 Å². The number of amides is 1. The normalized spacial score (nSPS) is 19.7. The first-order valence-corrected chi connectivity index (χ1v) is 7.99. The number of pyridine rings is 1. The van der Waals surface area contributed by atoms with Crippen molar-refractivity contribution >= 4 is 27.5 Å². The molecule has 1 fully saturated rings. The van der Waals surface area contributed by atoms with E-state index in [0.717, 1.165) is 0 Å². The largest absolute Gasteiger partial charge is 0.369 e. The second kappa shape index (κ2) is 5.31. The Morgan fingerprint density at radius 2 is 2.00 bits per heavy atom. The summed E-state index contributed by atoms with van der Waals surface area (Å²) in [6.45, 7) is 2.30. The van der Waals surface area contributed by atoms with Crippen LogP contribution in [0.25, 0.3) is 0 Å². The fourth-order valence-electron chi connectivity index (χ4n) is 2.13. The molecular formula is C12H16ClN3O3S. The van der Waals surface area contributed by atoms with Gasteiger partial charge in [0.1, 0.15) is 10.0 Å². The molecule has 1 aliphatic heterocycles. The Labute approximate surface area is 123 Å². The molecule has 0 unspecified atom stereocenters. The zero-order chi connectivity index (χ0) is 15.0. The molecule has 0 bridgehead atoms. The van der Waals surface area contributed by atoms with Crippen molar-refractivity contribution in [1.82, 2.24) is 9.29 Å². The average Bonchev–Trinajstić information content (AvgIpc) is 2.39. The Balaban J connectivity index is 2.17. The lowest BCUT2D eigenvalue weighted by molar-refractivity contribution is -0.128. The highest BCUT2D eigenvalue weighted by atomic mass is 35.5. The molecule has 2 N–H and O–H groups in total. The number of piperidine rings is 1. The molecule has 0 atom stereocenters. The number of carbonyl (C=O) groups excluding carboxylic acids is 1. The maximum Gasteiger partial charge on any atom is 0.244 e. The van der Waals surface area contributed by atoms with Gasteiger partial charge >= 0.3 is 0 Å². The van der Waals surface area contributed by atoms with Crippen LogP contribution in [0.4, 0.5) is 0 Å². The number of halogens is 1. The van der Waals surface area contributed by atoms with E-state index in [1.807, 2.05) is 0 Å². The minimum Gasteiger partial charge on any atom is -0.369 e. The number of nitrogens with zero attached hydrogens (tertiary/aromatic N) is 2. The molecule has 110 valence electrons. The molecule has 0 aromatic carbocycles. The Bertz CT molecular complexity index is 607. The Morgan fingerprint density at radius 3 is 2.45 bits per heavy atom. The Kier molecular flexibility index (Phi) is 4.04. The van der Waals surface area contributed by atoms with Gasteiger partial charge in [0.2, 0.25) is 15.9 Å². The lowest BCUT2D eigenvalue weighted by Crippen LogP contribution is -2.47. The number of sulfonamides is 1. The fraction of sp³-hybridized carbons (Fsp3) is 0.500. The molecule has 6 nitrogen and oxygen atoms in total. The summed E-state index contributed by atoms with van der Waals surface area (Å²) >= 11 is 5.65. The number of nitrogens with two attached hydrogens (primary N) is 1. The monoisotopic (exact) mass is 317 g/mol. The smallest absolute Gasteiger partial charge is 0.244 e. The third-order valence-corrected chi connectivity index (χ3v) is 5.86. The van der Waals surface area contributed by atoms with Gasteiger partial charge < -0.3 is 5.73 Å². The SMILES string of the molecule is CC1(C(N)=O)CCN(S(=O)(=O)c2ccc(Cl)nc2)CC1. The predicted octanol–water partition coefficient (Wildman–Crippen LogP) is 1.01. The van der Waals surface area contributed by atoms with Gasteiger partial charge in [-0.25, -0.2) is 13.4 Å². The lowest BCUT2D eigenvalue weighted by atomic mass is 9.80. The van der Waals surface area contributed by atoms with E-state index in [9.17, 15) is 13.2 Å². The summed E-state index contributed by atoms with van der Waals surface area (Å²) in [5.74, 6) is -0.386. The summed E-state index contributed by atoms with van der Waals surface area (Å²) in [6, 6.07) is 2.86. The third-order valence-electron chi connectivity index (χ3n) is 3.76. The summed E-state index contributed by atoms with van der Waals surface area (Å²) in [6.07, 6.45) is 2.07. The molecule has 1 aromatic heterocycles. The predicted molar refractivity (Wildman–Crippen MR) is 74.5 cm³/mol. The fourth-order valence-corrected chi connectivity index (χ4v) is 3.63. The van der Waals surface area contributed by atoms with Crippen LogP contribution in [0.3, 0.4) is 0 Å². The first-order valence-electron chi connectivity index (χ1n) is 6.17. The van der Waals surface area contributed by atoms with Gasteiger partial charge in [-0.15, -0.1) is 0 Å². The van der Waals surface area contributed by atoms with Gasteiger partial charge in [-0.05, 0) is 25.0 Å². The van der Waals surface area contributed by atoms with E-state index in [2.05, 4.69) is 4.98 Å². The molecule has 2 rings (SSSR count). The number of aromatic nitrogens is 1. The Morgan fingerprint density at radius 1 is 1.40 bits per heavy atom. The maximum absolute atomic E-state index is 12.4. The minimum atomic E-state index is -3.59. The molecule has 2 heterocycles. The van der Waals surface area contributed by atoms with E-state index in [0.29, 0.717) is 12.8 Å². The molecular weight excluding hydrogens is 302 g/mol. The topological polar surface area (TPSA) is 93.4 Å². The average molecular weight is 318 g/mol. The van der Waals surface area contributed by atoms with Crippen LogP contribution < -0.4 is 5.73 Å². The maximum atomic E-state index is 12.4. The molecule has 0 radical (unpaired) electrons. The van der Waals surface area contributed by atoms with Crippen molar-refractivity contribution in [2.75, 3.05) is 13.1 Å². The number of rotatable bonds is 3. The first kappa shape index (κ1) is 15.2. The summed E-state index contributed by atoms with van der Waals surface area (Å²) < 4.78 is 26.2. The molecule has 1 amide bonds. The van der Waals surface area contributed by atoms with Crippen molar-refractivity contribution < 1.29 is 13.2 Å². The summed E-state index contributed by atoms with van der Waals surface area (Å²) in [5.41, 5.74) is 4.72. The van der Waals surface area contributed by atoms with Crippen LogP contribution in [0.5, 0.6) is 0 Å². The Hall–Kier alpha value is -1.18. The highest BCUT2D eigenvalue weighted by Crippen LogP contribution is 2.32. The number of hydrogen-bond acceptors (Lipinski definition) is 4. The molecule has 8 heteroatoms. The van der Waals surface area contributed by atoms with Crippen LogP contribution in [-0.2, 0) is 14.8 Å². The zero-order valence-electron chi connectivity index (χ0n) is 11.0. The highest BCUT2D eigenvalue weighted by Gasteiger charge is 2.39. The van der Waals surface area contributed by atoms with Crippen molar-refractivity contribution in [2.45, 2.75) is 24.7 Å². The highest BCUT2D eigenvalue weighted by molar-refractivity contribution is 7.89. The third kappa shape index (κ3) is 2.79. The molecule has 0 aliphatic carbocycles. The number of primary amides is 1. The van der Waals surface area contributed by atoms with Crippen molar-refractivity contribution in [3.63, 3.8) is 0 Å². The van der Waals surface area contributed by atoms with Crippen LogP contribution >= 0.6 is 11.6 Å². The second-order valence-corrected chi connectivity index (χ2v) is 7.47. The van der Waals surface area contributed by atoms with Gasteiger partial charge in [0, 0.05) is 24.7 Å². The summed E-state index contributed by atoms with van der Waals surface area (Å²) in [7, 11) is -3.59. The van der Waals surface area contributed by atoms with Gasteiger partial charge in [0.25, 0.3) is 0 Å². The van der Waals surface area contributed by atoms with Crippen LogP contribution in [0.1, 0.15) is 19.8 Å². The van der Waals surface area contributed by atoms with Gasteiger partial charge in [-0.1, -0.05) is 18.5 Å². The van der Waals surface area contributed by atoms with E-state index in [1.54, 1.807) is 6.92 Å². The van der Waals surface area contributed by atoms with Gasteiger partial charge in [-0.3, -0.25) is 4.79 Å². The zero-order valence-corrected chi connectivity index (χ0v) is 12.6.